The van der Waals surface area contributed by atoms with E-state index >= 15 is 0 Å². The Morgan fingerprint density at radius 1 is 0.353 bits per heavy atom. The maximum Gasteiger partial charge on any atom is 0.142 e. The molecule has 1 aliphatic heterocycles. The van der Waals surface area contributed by atoms with Crippen LogP contribution < -0.4 is 16.0 Å². The van der Waals surface area contributed by atoms with Crippen LogP contribution in [0.4, 0.5) is 0 Å². The van der Waals surface area contributed by atoms with E-state index in [1.165, 1.54) is 86.8 Å². The molecule has 1 fully saturated rings. The van der Waals surface area contributed by atoms with E-state index in [0.29, 0.717) is 0 Å². The summed E-state index contributed by atoms with van der Waals surface area (Å²) >= 11 is 0. The molecule has 10 aromatic rings. The Balaban J connectivity index is 1.19. The summed E-state index contributed by atoms with van der Waals surface area (Å²) in [5.74, 6) is 0. The molecule has 242 valence electrons. The third-order valence-corrected chi connectivity index (χ3v) is 11.0. The van der Waals surface area contributed by atoms with Crippen molar-refractivity contribution in [1.29, 1.82) is 0 Å². The van der Waals surface area contributed by atoms with Crippen molar-refractivity contribution in [3.05, 3.63) is 181 Å². The van der Waals surface area contributed by atoms with Gasteiger partial charge in [-0.2, -0.15) is 0 Å². The van der Waals surface area contributed by atoms with Gasteiger partial charge in [-0.05, 0) is 72.4 Å². The number of nitrogens with zero attached hydrogens (tertiary/aromatic N) is 1. The lowest BCUT2D eigenvalue weighted by Gasteiger charge is -2.40. The number of rotatable bonds is 3. The molecule has 1 aromatic heterocycles. The number of fused-ring (bicyclic) bond motifs is 12. The Hall–Kier alpha value is -6.04. The second-order valence-corrected chi connectivity index (χ2v) is 13.8. The van der Waals surface area contributed by atoms with E-state index in [4.69, 9.17) is 0 Å². The molecular formula is C47H34N4. The minimum atomic E-state index is -0.238. The molecule has 4 heteroatoms. The fourth-order valence-corrected chi connectivity index (χ4v) is 8.67. The van der Waals surface area contributed by atoms with Gasteiger partial charge in [0.05, 0.1) is 23.4 Å². The predicted molar refractivity (Wildman–Crippen MR) is 214 cm³/mol. The van der Waals surface area contributed by atoms with Crippen LogP contribution in [0.25, 0.3) is 75.7 Å². The van der Waals surface area contributed by atoms with Crippen LogP contribution in [0, 0.1) is 0 Å². The molecule has 0 spiro atoms. The van der Waals surface area contributed by atoms with Gasteiger partial charge in [-0.1, -0.05) is 152 Å². The first kappa shape index (κ1) is 28.8. The lowest BCUT2D eigenvalue weighted by Crippen LogP contribution is -2.56. The van der Waals surface area contributed by atoms with E-state index in [1.54, 1.807) is 0 Å². The molecule has 3 N–H and O–H groups in total. The monoisotopic (exact) mass is 654 g/mol. The molecule has 1 saturated heterocycles. The maximum atomic E-state index is 4.05. The van der Waals surface area contributed by atoms with Gasteiger partial charge in [0, 0.05) is 21.5 Å². The third kappa shape index (κ3) is 4.44. The van der Waals surface area contributed by atoms with Crippen LogP contribution in [-0.2, 0) is 0 Å². The quantitative estimate of drug-likeness (QED) is 0.166. The third-order valence-electron chi connectivity index (χ3n) is 11.0. The summed E-state index contributed by atoms with van der Waals surface area (Å²) in [6, 6.07) is 62.1. The minimum Gasteiger partial charge on any atom is -0.311 e. The number of hydrogen-bond donors (Lipinski definition) is 3. The second-order valence-electron chi connectivity index (χ2n) is 13.8. The van der Waals surface area contributed by atoms with E-state index in [9.17, 15) is 0 Å². The number of para-hydroxylation sites is 1. The van der Waals surface area contributed by atoms with E-state index in [-0.39, 0.29) is 18.6 Å². The fourth-order valence-electron chi connectivity index (χ4n) is 8.67. The van der Waals surface area contributed by atoms with Crippen molar-refractivity contribution in [2.45, 2.75) is 18.6 Å². The zero-order valence-corrected chi connectivity index (χ0v) is 27.8. The van der Waals surface area contributed by atoms with Crippen LogP contribution in [0.3, 0.4) is 0 Å². The Bertz CT molecular complexity index is 2910. The highest BCUT2D eigenvalue weighted by Crippen LogP contribution is 2.45. The average molecular weight is 655 g/mol. The van der Waals surface area contributed by atoms with Gasteiger partial charge in [-0.3, -0.25) is 16.0 Å². The van der Waals surface area contributed by atoms with Gasteiger partial charge < -0.3 is 4.57 Å². The summed E-state index contributed by atoms with van der Waals surface area (Å²) in [5.41, 5.74) is 4.83. The van der Waals surface area contributed by atoms with Gasteiger partial charge in [0.1, 0.15) is 6.29 Å². The molecule has 2 unspecified atom stereocenters. The predicted octanol–water partition coefficient (Wildman–Crippen LogP) is 11.2. The fraction of sp³-hybridized carbons (Fsp3) is 0.0638. The lowest BCUT2D eigenvalue weighted by atomic mass is 9.93. The smallest absolute Gasteiger partial charge is 0.142 e. The Kier molecular flexibility index (Phi) is 6.34. The van der Waals surface area contributed by atoms with Crippen molar-refractivity contribution in [3.63, 3.8) is 0 Å². The van der Waals surface area contributed by atoms with Gasteiger partial charge in [-0.25, -0.2) is 0 Å². The average Bonchev–Trinajstić information content (AvgIpc) is 3.55. The summed E-state index contributed by atoms with van der Waals surface area (Å²) < 4.78 is 2.52. The number of aromatic nitrogens is 1. The van der Waals surface area contributed by atoms with E-state index in [0.717, 1.165) is 0 Å². The Morgan fingerprint density at radius 2 is 0.863 bits per heavy atom. The van der Waals surface area contributed by atoms with Crippen molar-refractivity contribution >= 4 is 75.7 Å². The van der Waals surface area contributed by atoms with Crippen LogP contribution in [0.5, 0.6) is 0 Å². The maximum absolute atomic E-state index is 4.05. The molecular weight excluding hydrogens is 621 g/mol. The zero-order chi connectivity index (χ0) is 33.5. The topological polar surface area (TPSA) is 41.0 Å². The van der Waals surface area contributed by atoms with Crippen molar-refractivity contribution in [2.24, 2.45) is 0 Å². The lowest BCUT2D eigenvalue weighted by molar-refractivity contribution is 0.161. The van der Waals surface area contributed by atoms with Crippen molar-refractivity contribution < 1.29 is 0 Å². The van der Waals surface area contributed by atoms with Crippen molar-refractivity contribution in [1.82, 2.24) is 20.5 Å². The van der Waals surface area contributed by atoms with Gasteiger partial charge in [-0.15, -0.1) is 0 Å². The van der Waals surface area contributed by atoms with Crippen LogP contribution in [-0.4, -0.2) is 4.57 Å². The molecule has 51 heavy (non-hydrogen) atoms. The van der Waals surface area contributed by atoms with Crippen LogP contribution in [0.2, 0.25) is 0 Å². The van der Waals surface area contributed by atoms with E-state index in [2.05, 4.69) is 190 Å². The molecule has 2 atom stereocenters. The highest BCUT2D eigenvalue weighted by molar-refractivity contribution is 6.36. The van der Waals surface area contributed by atoms with Crippen LogP contribution >= 0.6 is 0 Å². The first-order chi connectivity index (χ1) is 25.3. The molecule has 0 bridgehead atoms. The first-order valence-electron chi connectivity index (χ1n) is 17.8. The van der Waals surface area contributed by atoms with Gasteiger partial charge in [0.2, 0.25) is 0 Å². The molecule has 0 saturated carbocycles. The highest BCUT2D eigenvalue weighted by atomic mass is 15.4. The van der Waals surface area contributed by atoms with Crippen molar-refractivity contribution in [2.75, 3.05) is 0 Å². The number of benzene rings is 9. The van der Waals surface area contributed by atoms with Crippen LogP contribution in [0.15, 0.2) is 170 Å². The molecule has 0 amide bonds. The first-order valence-corrected chi connectivity index (χ1v) is 17.8. The standard InChI is InChI=1S/C47H34N4/c1-3-14-32-27-34(23-21-29(32)11-1)45-48-46(35-24-22-30-12-2-4-15-33(30)28-35)50-47(49-45)51-41-20-10-9-19-40(41)43-42-36-16-6-5-13-31(36)25-26-38(42)37-17-7-8-18-39(37)44(43)51/h1-28,45-50H. The van der Waals surface area contributed by atoms with Crippen molar-refractivity contribution in [3.8, 4) is 0 Å². The van der Waals surface area contributed by atoms with Gasteiger partial charge >= 0.3 is 0 Å². The van der Waals surface area contributed by atoms with E-state index < -0.39 is 0 Å². The van der Waals surface area contributed by atoms with Gasteiger partial charge in [0.15, 0.2) is 0 Å². The van der Waals surface area contributed by atoms with E-state index in [1.807, 2.05) is 0 Å². The molecule has 1 aliphatic rings. The molecule has 9 aromatic carbocycles. The number of hydrogen-bond acceptors (Lipinski definition) is 3. The summed E-state index contributed by atoms with van der Waals surface area (Å²) in [6.45, 7) is 0. The summed E-state index contributed by atoms with van der Waals surface area (Å²) in [5, 5.41) is 27.2. The molecule has 4 nitrogen and oxygen atoms in total. The Labute approximate surface area is 294 Å². The molecule has 11 rings (SSSR count). The SMILES string of the molecule is c1ccc2cc(C3NC(c4ccc5ccccc5c4)NC(n4c5ccccc5c5c6c7ccccc7ccc6c6ccccc6c54)N3)ccc2c1. The largest absolute Gasteiger partial charge is 0.311 e. The second kappa shape index (κ2) is 11.2. The molecule has 0 aliphatic carbocycles. The van der Waals surface area contributed by atoms with Crippen LogP contribution in [0.1, 0.15) is 29.7 Å². The number of nitrogens with one attached hydrogen (secondary N) is 3. The molecule has 2 heterocycles. The minimum absolute atomic E-state index is 0.124. The molecule has 0 radical (unpaired) electrons. The Morgan fingerprint density at radius 3 is 1.53 bits per heavy atom. The van der Waals surface area contributed by atoms with Gasteiger partial charge in [0.25, 0.3) is 0 Å². The zero-order valence-electron chi connectivity index (χ0n) is 27.8. The highest BCUT2D eigenvalue weighted by Gasteiger charge is 2.32. The summed E-state index contributed by atoms with van der Waals surface area (Å²) in [7, 11) is 0. The summed E-state index contributed by atoms with van der Waals surface area (Å²) in [4.78, 5) is 0. The normalized spacial score (nSPS) is 18.2. The summed E-state index contributed by atoms with van der Waals surface area (Å²) in [6.07, 6.45) is -0.486.